The van der Waals surface area contributed by atoms with E-state index in [9.17, 15) is 9.59 Å². The summed E-state index contributed by atoms with van der Waals surface area (Å²) in [6, 6.07) is 6.96. The molecule has 0 saturated carbocycles. The molecule has 0 saturated heterocycles. The van der Waals surface area contributed by atoms with Crippen LogP contribution in [0.1, 0.15) is 32.4 Å². The van der Waals surface area contributed by atoms with Crippen LogP contribution < -0.4 is 10.6 Å². The van der Waals surface area contributed by atoms with E-state index in [2.05, 4.69) is 20.7 Å². The highest BCUT2D eigenvalue weighted by Gasteiger charge is 2.24. The van der Waals surface area contributed by atoms with Crippen molar-refractivity contribution >= 4 is 11.9 Å². The lowest BCUT2D eigenvalue weighted by atomic mass is 10.1. The number of amides is 3. The standard InChI is InChI=1S/C17H24N6O2/c1-5-19-17(25)21-16(24)13(3)22(4)12(2)14-6-8-15(9-7-14)23-11-18-10-20-23/h6-13H,5H2,1-4H3,(H2,19,21,24,25). The first-order valence-electron chi connectivity index (χ1n) is 8.19. The molecule has 0 radical (unpaired) electrons. The summed E-state index contributed by atoms with van der Waals surface area (Å²) in [5.74, 6) is -0.334. The molecule has 8 heteroatoms. The number of hydrogen-bond donors (Lipinski definition) is 2. The Morgan fingerprint density at radius 3 is 2.48 bits per heavy atom. The van der Waals surface area contributed by atoms with E-state index in [4.69, 9.17) is 0 Å². The van der Waals surface area contributed by atoms with Gasteiger partial charge in [0.05, 0.1) is 11.7 Å². The van der Waals surface area contributed by atoms with Gasteiger partial charge < -0.3 is 5.32 Å². The second kappa shape index (κ2) is 8.39. The highest BCUT2D eigenvalue weighted by molar-refractivity contribution is 5.96. The average molecular weight is 344 g/mol. The number of rotatable bonds is 6. The minimum absolute atomic E-state index is 0.000201. The quantitative estimate of drug-likeness (QED) is 0.828. The van der Waals surface area contributed by atoms with Gasteiger partial charge in [-0.25, -0.2) is 14.5 Å². The summed E-state index contributed by atoms with van der Waals surface area (Å²) < 4.78 is 1.68. The third-order valence-electron chi connectivity index (χ3n) is 4.23. The molecule has 3 amide bonds. The van der Waals surface area contributed by atoms with Crippen molar-refractivity contribution in [2.45, 2.75) is 32.9 Å². The summed E-state index contributed by atoms with van der Waals surface area (Å²) in [4.78, 5) is 29.5. The van der Waals surface area contributed by atoms with Crippen molar-refractivity contribution in [1.82, 2.24) is 30.3 Å². The van der Waals surface area contributed by atoms with Crippen LogP contribution in [0, 0.1) is 0 Å². The number of imide groups is 1. The van der Waals surface area contributed by atoms with Crippen molar-refractivity contribution in [3.05, 3.63) is 42.5 Å². The summed E-state index contributed by atoms with van der Waals surface area (Å²) >= 11 is 0. The lowest BCUT2D eigenvalue weighted by Gasteiger charge is -2.30. The molecule has 2 unspecified atom stereocenters. The summed E-state index contributed by atoms with van der Waals surface area (Å²) in [6.07, 6.45) is 3.12. The second-order valence-corrected chi connectivity index (χ2v) is 5.80. The summed E-state index contributed by atoms with van der Waals surface area (Å²) in [5, 5.41) is 8.99. The van der Waals surface area contributed by atoms with Crippen LogP contribution in [0.2, 0.25) is 0 Å². The predicted octanol–water partition coefficient (Wildman–Crippen LogP) is 1.49. The summed E-state index contributed by atoms with van der Waals surface area (Å²) in [5.41, 5.74) is 1.97. The first-order chi connectivity index (χ1) is 11.9. The highest BCUT2D eigenvalue weighted by Crippen LogP contribution is 2.22. The normalized spacial score (nSPS) is 13.3. The third-order valence-corrected chi connectivity index (χ3v) is 4.23. The molecule has 1 aromatic heterocycles. The van der Waals surface area contributed by atoms with E-state index in [0.717, 1.165) is 11.3 Å². The van der Waals surface area contributed by atoms with Crippen LogP contribution in [0.5, 0.6) is 0 Å². The van der Waals surface area contributed by atoms with Crippen molar-refractivity contribution in [3.8, 4) is 5.69 Å². The Hall–Kier alpha value is -2.74. The van der Waals surface area contributed by atoms with E-state index in [0.29, 0.717) is 6.54 Å². The van der Waals surface area contributed by atoms with E-state index in [-0.39, 0.29) is 11.9 Å². The second-order valence-electron chi connectivity index (χ2n) is 5.80. The number of nitrogens with zero attached hydrogens (tertiary/aromatic N) is 4. The number of likely N-dealkylation sites (N-methyl/N-ethyl adjacent to an activating group) is 1. The molecular formula is C17H24N6O2. The molecule has 0 aliphatic heterocycles. The van der Waals surface area contributed by atoms with Crippen LogP contribution in [0.15, 0.2) is 36.9 Å². The minimum Gasteiger partial charge on any atom is -0.338 e. The predicted molar refractivity (Wildman–Crippen MR) is 94.2 cm³/mol. The van der Waals surface area contributed by atoms with Crippen LogP contribution in [0.25, 0.3) is 5.69 Å². The molecule has 0 bridgehead atoms. The maximum atomic E-state index is 12.2. The van der Waals surface area contributed by atoms with Crippen molar-refractivity contribution in [1.29, 1.82) is 0 Å². The molecule has 2 N–H and O–H groups in total. The fourth-order valence-corrected chi connectivity index (χ4v) is 2.42. The van der Waals surface area contributed by atoms with Crippen molar-refractivity contribution in [2.24, 2.45) is 0 Å². The van der Waals surface area contributed by atoms with E-state index in [1.165, 1.54) is 6.33 Å². The maximum absolute atomic E-state index is 12.2. The molecule has 0 spiro atoms. The van der Waals surface area contributed by atoms with Gasteiger partial charge in [0.2, 0.25) is 5.91 Å². The molecule has 0 aliphatic rings. The Balaban J connectivity index is 2.02. The van der Waals surface area contributed by atoms with Gasteiger partial charge >= 0.3 is 6.03 Å². The lowest BCUT2D eigenvalue weighted by Crippen LogP contribution is -2.49. The van der Waals surface area contributed by atoms with Crippen LogP contribution in [-0.2, 0) is 4.79 Å². The fourth-order valence-electron chi connectivity index (χ4n) is 2.42. The van der Waals surface area contributed by atoms with Gasteiger partial charge in [0, 0.05) is 12.6 Å². The van der Waals surface area contributed by atoms with Crippen LogP contribution in [0.4, 0.5) is 4.79 Å². The first-order valence-corrected chi connectivity index (χ1v) is 8.19. The van der Waals surface area contributed by atoms with Crippen molar-refractivity contribution in [3.63, 3.8) is 0 Å². The molecule has 2 atom stereocenters. The van der Waals surface area contributed by atoms with Gasteiger partial charge in [-0.2, -0.15) is 5.10 Å². The first kappa shape index (κ1) is 18.6. The summed E-state index contributed by atoms with van der Waals surface area (Å²) in [6.45, 7) is 6.05. The number of carbonyl (C=O) groups is 2. The van der Waals surface area contributed by atoms with E-state index < -0.39 is 12.1 Å². The SMILES string of the molecule is CCNC(=O)NC(=O)C(C)N(C)C(C)c1ccc(-n2cncn2)cc1. The Bertz CT molecular complexity index is 698. The lowest BCUT2D eigenvalue weighted by molar-refractivity contribution is -0.125. The number of carbonyl (C=O) groups excluding carboxylic acids is 2. The number of urea groups is 1. The van der Waals surface area contributed by atoms with Crippen LogP contribution in [0.3, 0.4) is 0 Å². The van der Waals surface area contributed by atoms with Crippen molar-refractivity contribution < 1.29 is 9.59 Å². The monoisotopic (exact) mass is 344 g/mol. The molecule has 2 aromatic rings. The molecule has 134 valence electrons. The van der Waals surface area contributed by atoms with Gasteiger partial charge in [-0.05, 0) is 45.5 Å². The van der Waals surface area contributed by atoms with E-state index >= 15 is 0 Å². The van der Waals surface area contributed by atoms with Crippen LogP contribution in [-0.4, -0.2) is 51.2 Å². The topological polar surface area (TPSA) is 92.2 Å². The average Bonchev–Trinajstić information content (AvgIpc) is 3.14. The van der Waals surface area contributed by atoms with Gasteiger partial charge in [0.1, 0.15) is 12.7 Å². The van der Waals surface area contributed by atoms with Gasteiger partial charge in [-0.1, -0.05) is 12.1 Å². The molecule has 0 aliphatic carbocycles. The van der Waals surface area contributed by atoms with Gasteiger partial charge in [-0.3, -0.25) is 15.0 Å². The minimum atomic E-state index is -0.474. The van der Waals surface area contributed by atoms with E-state index in [1.807, 2.05) is 43.1 Å². The Labute approximate surface area is 147 Å². The van der Waals surface area contributed by atoms with Gasteiger partial charge in [0.25, 0.3) is 0 Å². The number of benzene rings is 1. The fraction of sp³-hybridized carbons (Fsp3) is 0.412. The number of aromatic nitrogens is 3. The number of hydrogen-bond acceptors (Lipinski definition) is 5. The zero-order valence-corrected chi connectivity index (χ0v) is 14.9. The van der Waals surface area contributed by atoms with Crippen LogP contribution >= 0.6 is 0 Å². The van der Waals surface area contributed by atoms with Gasteiger partial charge in [-0.15, -0.1) is 0 Å². The number of nitrogens with one attached hydrogen (secondary N) is 2. The zero-order chi connectivity index (χ0) is 18.4. The molecule has 1 aromatic carbocycles. The maximum Gasteiger partial charge on any atom is 0.321 e. The summed E-state index contributed by atoms with van der Waals surface area (Å²) in [7, 11) is 1.86. The molecular weight excluding hydrogens is 320 g/mol. The van der Waals surface area contributed by atoms with Crippen molar-refractivity contribution in [2.75, 3.05) is 13.6 Å². The molecule has 25 heavy (non-hydrogen) atoms. The van der Waals surface area contributed by atoms with E-state index in [1.54, 1.807) is 24.9 Å². The smallest absolute Gasteiger partial charge is 0.321 e. The zero-order valence-electron chi connectivity index (χ0n) is 14.9. The Morgan fingerprint density at radius 2 is 1.92 bits per heavy atom. The molecule has 8 nitrogen and oxygen atoms in total. The Morgan fingerprint density at radius 1 is 1.24 bits per heavy atom. The molecule has 1 heterocycles. The van der Waals surface area contributed by atoms with Gasteiger partial charge in [0.15, 0.2) is 0 Å². The molecule has 0 fully saturated rings. The molecule has 2 rings (SSSR count). The third kappa shape index (κ3) is 4.63. The Kier molecular flexibility index (Phi) is 6.24. The largest absolute Gasteiger partial charge is 0.338 e. The highest BCUT2D eigenvalue weighted by atomic mass is 16.2.